The van der Waals surface area contributed by atoms with Crippen molar-refractivity contribution >= 4 is 11.3 Å². The quantitative estimate of drug-likeness (QED) is 0.702. The van der Waals surface area contributed by atoms with Gasteiger partial charge in [-0.15, -0.1) is 11.3 Å². The predicted octanol–water partition coefficient (Wildman–Crippen LogP) is 4.04. The van der Waals surface area contributed by atoms with Crippen LogP contribution in [0.25, 0.3) is 10.4 Å². The Bertz CT molecular complexity index is 497. The van der Waals surface area contributed by atoms with Gasteiger partial charge in [-0.3, -0.25) is 4.98 Å². The van der Waals surface area contributed by atoms with Crippen LogP contribution in [0.4, 0.5) is 0 Å². The van der Waals surface area contributed by atoms with Gasteiger partial charge >= 0.3 is 0 Å². The lowest BCUT2D eigenvalue weighted by Gasteiger charge is -2.01. The summed E-state index contributed by atoms with van der Waals surface area (Å²) in [6, 6.07) is 4.24. The van der Waals surface area contributed by atoms with Crippen LogP contribution in [0.2, 0.25) is 0 Å². The first-order valence-corrected chi connectivity index (χ1v) is 5.91. The third-order valence-corrected chi connectivity index (χ3v) is 4.20. The van der Waals surface area contributed by atoms with E-state index in [2.05, 4.69) is 37.9 Å². The Kier molecular flexibility index (Phi) is 2.61. The molecule has 2 rings (SSSR count). The molecule has 15 heavy (non-hydrogen) atoms. The van der Waals surface area contributed by atoms with Gasteiger partial charge in [-0.05, 0) is 56.5 Å². The summed E-state index contributed by atoms with van der Waals surface area (Å²) in [5, 5.41) is 0. The number of aromatic nitrogens is 1. The van der Waals surface area contributed by atoms with Gasteiger partial charge < -0.3 is 0 Å². The highest BCUT2D eigenvalue weighted by molar-refractivity contribution is 7.15. The van der Waals surface area contributed by atoms with Crippen LogP contribution in [0.5, 0.6) is 0 Å². The van der Waals surface area contributed by atoms with Gasteiger partial charge in [0.15, 0.2) is 0 Å². The molecule has 0 N–H and O–H groups in total. The fourth-order valence-corrected chi connectivity index (χ4v) is 2.87. The van der Waals surface area contributed by atoms with Crippen molar-refractivity contribution in [2.24, 2.45) is 0 Å². The molecule has 2 aromatic rings. The molecule has 2 aromatic heterocycles. The van der Waals surface area contributed by atoms with Crippen molar-refractivity contribution in [1.82, 2.24) is 4.98 Å². The van der Waals surface area contributed by atoms with Gasteiger partial charge in [-0.1, -0.05) is 0 Å². The van der Waals surface area contributed by atoms with E-state index in [4.69, 9.17) is 0 Å². The van der Waals surface area contributed by atoms with Gasteiger partial charge in [0.1, 0.15) is 0 Å². The van der Waals surface area contributed by atoms with Crippen molar-refractivity contribution < 1.29 is 0 Å². The molecule has 0 aliphatic rings. The number of pyridine rings is 1. The van der Waals surface area contributed by atoms with E-state index >= 15 is 0 Å². The summed E-state index contributed by atoms with van der Waals surface area (Å²) < 4.78 is 0. The number of aryl methyl sites for hydroxylation is 2. The second-order valence-corrected chi connectivity index (χ2v) is 5.15. The van der Waals surface area contributed by atoms with E-state index in [1.54, 1.807) is 0 Å². The third-order valence-electron chi connectivity index (χ3n) is 2.85. The first kappa shape index (κ1) is 10.4. The molecule has 0 fully saturated rings. The molecule has 0 aliphatic carbocycles. The summed E-state index contributed by atoms with van der Waals surface area (Å²) in [4.78, 5) is 7.03. The minimum atomic E-state index is 1.08. The van der Waals surface area contributed by atoms with Gasteiger partial charge in [0.25, 0.3) is 0 Å². The van der Waals surface area contributed by atoms with E-state index in [0.717, 1.165) is 5.69 Å². The van der Waals surface area contributed by atoms with Gasteiger partial charge in [-0.2, -0.15) is 0 Å². The maximum absolute atomic E-state index is 4.23. The summed E-state index contributed by atoms with van der Waals surface area (Å²) in [6.45, 7) is 8.61. The molecule has 0 saturated carbocycles. The zero-order chi connectivity index (χ0) is 11.0. The topological polar surface area (TPSA) is 12.9 Å². The van der Waals surface area contributed by atoms with Crippen molar-refractivity contribution in [1.29, 1.82) is 0 Å². The average Bonchev–Trinajstić information content (AvgIpc) is 2.46. The zero-order valence-electron chi connectivity index (χ0n) is 9.59. The maximum Gasteiger partial charge on any atom is 0.0379 e. The Balaban J connectivity index is 2.59. The summed E-state index contributed by atoms with van der Waals surface area (Å²) in [6.07, 6.45) is 1.88. The van der Waals surface area contributed by atoms with Crippen LogP contribution in [0.3, 0.4) is 0 Å². The minimum absolute atomic E-state index is 1.08. The molecule has 0 radical (unpaired) electrons. The summed E-state index contributed by atoms with van der Waals surface area (Å²) >= 11 is 1.87. The number of nitrogens with zero attached hydrogens (tertiary/aromatic N) is 1. The molecule has 0 amide bonds. The van der Waals surface area contributed by atoms with Crippen molar-refractivity contribution in [3.8, 4) is 10.4 Å². The monoisotopic (exact) mass is 217 g/mol. The third kappa shape index (κ3) is 1.82. The summed E-state index contributed by atoms with van der Waals surface area (Å²) in [5.74, 6) is 0. The van der Waals surface area contributed by atoms with Crippen LogP contribution in [-0.4, -0.2) is 4.98 Å². The SMILES string of the molecule is Cc1cc(-c2sc(C)c(C)c2C)ccn1. The fraction of sp³-hybridized carbons (Fsp3) is 0.308. The largest absolute Gasteiger partial charge is 0.262 e. The van der Waals surface area contributed by atoms with Gasteiger partial charge in [0.2, 0.25) is 0 Å². The van der Waals surface area contributed by atoms with Crippen molar-refractivity contribution in [3.05, 3.63) is 40.0 Å². The minimum Gasteiger partial charge on any atom is -0.262 e. The Hall–Kier alpha value is -1.15. The first-order chi connectivity index (χ1) is 7.09. The number of hydrogen-bond donors (Lipinski definition) is 0. The van der Waals surface area contributed by atoms with E-state index in [-0.39, 0.29) is 0 Å². The Morgan fingerprint density at radius 2 is 1.80 bits per heavy atom. The van der Waals surface area contributed by atoms with E-state index in [1.165, 1.54) is 26.4 Å². The molecule has 0 aromatic carbocycles. The predicted molar refractivity (Wildman–Crippen MR) is 66.5 cm³/mol. The molecule has 0 saturated heterocycles. The molecular weight excluding hydrogens is 202 g/mol. The van der Waals surface area contributed by atoms with Crippen LogP contribution in [0, 0.1) is 27.7 Å². The van der Waals surface area contributed by atoms with E-state index < -0.39 is 0 Å². The smallest absolute Gasteiger partial charge is 0.0379 e. The van der Waals surface area contributed by atoms with E-state index in [0.29, 0.717) is 0 Å². The lowest BCUT2D eigenvalue weighted by atomic mass is 10.1. The second-order valence-electron chi connectivity index (χ2n) is 3.92. The highest BCUT2D eigenvalue weighted by Gasteiger charge is 2.10. The lowest BCUT2D eigenvalue weighted by Crippen LogP contribution is -1.82. The van der Waals surface area contributed by atoms with Gasteiger partial charge in [0, 0.05) is 21.6 Å². The highest BCUT2D eigenvalue weighted by atomic mass is 32.1. The maximum atomic E-state index is 4.23. The molecule has 78 valence electrons. The number of thiophene rings is 1. The summed E-state index contributed by atoms with van der Waals surface area (Å²) in [7, 11) is 0. The van der Waals surface area contributed by atoms with Gasteiger partial charge in [-0.25, -0.2) is 0 Å². The molecule has 0 unspecified atom stereocenters. The van der Waals surface area contributed by atoms with Gasteiger partial charge in [0.05, 0.1) is 0 Å². The molecule has 0 spiro atoms. The Labute approximate surface area is 94.8 Å². The first-order valence-electron chi connectivity index (χ1n) is 5.09. The van der Waals surface area contributed by atoms with Crippen molar-refractivity contribution in [3.63, 3.8) is 0 Å². The molecule has 2 heteroatoms. The normalized spacial score (nSPS) is 10.7. The van der Waals surface area contributed by atoms with Crippen molar-refractivity contribution in [2.45, 2.75) is 27.7 Å². The highest BCUT2D eigenvalue weighted by Crippen LogP contribution is 2.35. The van der Waals surface area contributed by atoms with E-state index in [1.807, 2.05) is 24.5 Å². The van der Waals surface area contributed by atoms with Crippen LogP contribution >= 0.6 is 11.3 Å². The zero-order valence-corrected chi connectivity index (χ0v) is 10.4. The molecule has 0 aliphatic heterocycles. The fourth-order valence-electron chi connectivity index (χ4n) is 1.70. The number of rotatable bonds is 1. The standard InChI is InChI=1S/C13H15NS/c1-8-7-12(5-6-14-8)13-10(3)9(2)11(4)15-13/h5-7H,1-4H3. The number of hydrogen-bond acceptors (Lipinski definition) is 2. The summed E-state index contributed by atoms with van der Waals surface area (Å²) in [5.41, 5.74) is 5.20. The molecular formula is C13H15NS. The second kappa shape index (κ2) is 3.78. The van der Waals surface area contributed by atoms with E-state index in [9.17, 15) is 0 Å². The molecule has 1 nitrogen and oxygen atoms in total. The van der Waals surface area contributed by atoms with Crippen LogP contribution in [0.15, 0.2) is 18.3 Å². The van der Waals surface area contributed by atoms with Crippen LogP contribution < -0.4 is 0 Å². The molecule has 0 atom stereocenters. The Morgan fingerprint density at radius 1 is 1.07 bits per heavy atom. The average molecular weight is 217 g/mol. The Morgan fingerprint density at radius 3 is 2.33 bits per heavy atom. The molecule has 0 bridgehead atoms. The van der Waals surface area contributed by atoms with Crippen LogP contribution in [0.1, 0.15) is 21.7 Å². The van der Waals surface area contributed by atoms with Crippen molar-refractivity contribution in [2.75, 3.05) is 0 Å². The van der Waals surface area contributed by atoms with Crippen LogP contribution in [-0.2, 0) is 0 Å². The lowest BCUT2D eigenvalue weighted by molar-refractivity contribution is 1.20. The molecule has 2 heterocycles.